The molecule has 0 heterocycles. The molecule has 0 spiro atoms. The van der Waals surface area contributed by atoms with Gasteiger partial charge < -0.3 is 4.52 Å². The maximum Gasteiger partial charge on any atom is 0.370 e. The smallest absolute Gasteiger partial charge is 0.303 e. The molecule has 0 aliphatic carbocycles. The lowest BCUT2D eigenvalue weighted by atomic mass is 10.5. The average molecular weight is 168 g/mol. The minimum atomic E-state index is -3.82. The van der Waals surface area contributed by atoms with Crippen molar-refractivity contribution in [2.24, 2.45) is 0 Å². The SMILES string of the molecule is CC(C)OP(=O)(F)C(C)C. The highest BCUT2D eigenvalue weighted by Gasteiger charge is 2.27. The Morgan fingerprint density at radius 2 is 1.70 bits per heavy atom. The first-order valence-electron chi connectivity index (χ1n) is 3.34. The van der Waals surface area contributed by atoms with Crippen LogP contribution in [0.15, 0.2) is 0 Å². The molecule has 0 aromatic rings. The summed E-state index contributed by atoms with van der Waals surface area (Å²) in [6.45, 7) is 6.41. The highest BCUT2D eigenvalue weighted by atomic mass is 31.2. The van der Waals surface area contributed by atoms with Gasteiger partial charge in [-0.3, -0.25) is 4.57 Å². The molecule has 0 N–H and O–H groups in total. The molecule has 0 saturated carbocycles. The van der Waals surface area contributed by atoms with Crippen LogP contribution in [-0.4, -0.2) is 11.8 Å². The molecule has 0 aliphatic rings. The van der Waals surface area contributed by atoms with Crippen molar-refractivity contribution in [2.75, 3.05) is 0 Å². The van der Waals surface area contributed by atoms with Crippen molar-refractivity contribution in [3.8, 4) is 0 Å². The third-order valence-electron chi connectivity index (χ3n) is 0.971. The molecule has 1 atom stereocenters. The minimum absolute atomic E-state index is 0.307. The van der Waals surface area contributed by atoms with Crippen molar-refractivity contribution in [2.45, 2.75) is 39.5 Å². The van der Waals surface area contributed by atoms with E-state index in [1.807, 2.05) is 0 Å². The molecular weight excluding hydrogens is 154 g/mol. The van der Waals surface area contributed by atoms with Crippen LogP contribution in [-0.2, 0) is 9.09 Å². The van der Waals surface area contributed by atoms with Crippen molar-refractivity contribution in [1.82, 2.24) is 0 Å². The third kappa shape index (κ3) is 3.33. The first-order valence-corrected chi connectivity index (χ1v) is 4.92. The van der Waals surface area contributed by atoms with Crippen molar-refractivity contribution in [3.05, 3.63) is 0 Å². The van der Waals surface area contributed by atoms with E-state index in [0.29, 0.717) is 0 Å². The Morgan fingerprint density at radius 3 is 1.80 bits per heavy atom. The topological polar surface area (TPSA) is 26.3 Å². The van der Waals surface area contributed by atoms with Gasteiger partial charge in [0.1, 0.15) is 0 Å². The minimum Gasteiger partial charge on any atom is -0.303 e. The normalized spacial score (nSPS) is 17.9. The van der Waals surface area contributed by atoms with Crippen LogP contribution in [0.1, 0.15) is 27.7 Å². The summed E-state index contributed by atoms with van der Waals surface area (Å²) in [4.78, 5) is 0. The largest absolute Gasteiger partial charge is 0.370 e. The van der Waals surface area contributed by atoms with E-state index in [1.54, 1.807) is 27.7 Å². The van der Waals surface area contributed by atoms with Gasteiger partial charge in [0.2, 0.25) is 0 Å². The standard InChI is InChI=1S/C6H14FO2P/c1-5(2)9-10(7,8)6(3)4/h5-6H,1-4H3. The summed E-state index contributed by atoms with van der Waals surface area (Å²) in [5.41, 5.74) is -0.533. The van der Waals surface area contributed by atoms with E-state index in [1.165, 1.54) is 0 Å². The fourth-order valence-corrected chi connectivity index (χ4v) is 1.23. The van der Waals surface area contributed by atoms with Gasteiger partial charge in [0.05, 0.1) is 11.8 Å². The fraction of sp³-hybridized carbons (Fsp3) is 1.00. The lowest BCUT2D eigenvalue weighted by Crippen LogP contribution is -2.04. The highest BCUT2D eigenvalue weighted by molar-refractivity contribution is 7.54. The van der Waals surface area contributed by atoms with Gasteiger partial charge in [0.15, 0.2) is 0 Å². The summed E-state index contributed by atoms with van der Waals surface area (Å²) in [7, 11) is -3.82. The van der Waals surface area contributed by atoms with Crippen LogP contribution in [0.3, 0.4) is 0 Å². The van der Waals surface area contributed by atoms with E-state index in [9.17, 15) is 8.76 Å². The van der Waals surface area contributed by atoms with Crippen molar-refractivity contribution >= 4 is 7.68 Å². The predicted octanol–water partition coefficient (Wildman–Crippen LogP) is 2.98. The summed E-state index contributed by atoms with van der Waals surface area (Å²) in [5.74, 6) is 0. The first-order chi connectivity index (χ1) is 4.36. The van der Waals surface area contributed by atoms with E-state index < -0.39 is 13.3 Å². The molecule has 0 radical (unpaired) electrons. The number of hydrogen-bond donors (Lipinski definition) is 0. The van der Waals surface area contributed by atoms with Crippen LogP contribution < -0.4 is 0 Å². The van der Waals surface area contributed by atoms with E-state index in [4.69, 9.17) is 0 Å². The summed E-state index contributed by atoms with van der Waals surface area (Å²) in [5, 5.41) is 0. The maximum absolute atomic E-state index is 12.8. The van der Waals surface area contributed by atoms with Crippen LogP contribution >= 0.6 is 7.68 Å². The molecule has 1 unspecified atom stereocenters. The maximum atomic E-state index is 12.8. The zero-order valence-corrected chi connectivity index (χ0v) is 7.69. The molecule has 62 valence electrons. The van der Waals surface area contributed by atoms with Crippen molar-refractivity contribution in [1.29, 1.82) is 0 Å². The Labute approximate surface area is 61.3 Å². The molecule has 0 fully saturated rings. The van der Waals surface area contributed by atoms with Gasteiger partial charge >= 0.3 is 7.68 Å². The summed E-state index contributed by atoms with van der Waals surface area (Å²) in [6, 6.07) is 0. The Kier molecular flexibility index (Phi) is 3.54. The van der Waals surface area contributed by atoms with Gasteiger partial charge in [-0.25, -0.2) is 0 Å². The van der Waals surface area contributed by atoms with Crippen molar-refractivity contribution in [3.63, 3.8) is 0 Å². The Morgan fingerprint density at radius 1 is 1.30 bits per heavy atom. The Bertz CT molecular complexity index is 145. The molecule has 0 aliphatic heterocycles. The molecule has 0 bridgehead atoms. The molecular formula is C6H14FO2P. The van der Waals surface area contributed by atoms with Crippen LogP contribution in [0.25, 0.3) is 0 Å². The summed E-state index contributed by atoms with van der Waals surface area (Å²) in [6.07, 6.45) is -0.307. The third-order valence-corrected chi connectivity index (χ3v) is 2.91. The van der Waals surface area contributed by atoms with Gasteiger partial charge in [0.25, 0.3) is 0 Å². The number of rotatable bonds is 3. The van der Waals surface area contributed by atoms with E-state index >= 15 is 0 Å². The lowest BCUT2D eigenvalue weighted by Gasteiger charge is -2.15. The van der Waals surface area contributed by atoms with Crippen LogP contribution in [0, 0.1) is 0 Å². The molecule has 0 saturated heterocycles. The van der Waals surface area contributed by atoms with Gasteiger partial charge in [-0.2, -0.15) is 4.20 Å². The second-order valence-corrected chi connectivity index (χ2v) is 5.05. The first kappa shape index (κ1) is 10.1. The van der Waals surface area contributed by atoms with Gasteiger partial charge in [-0.15, -0.1) is 0 Å². The van der Waals surface area contributed by atoms with Crippen LogP contribution in [0.5, 0.6) is 0 Å². The number of hydrogen-bond acceptors (Lipinski definition) is 2. The molecule has 0 aromatic heterocycles. The molecule has 0 aromatic carbocycles. The zero-order chi connectivity index (χ0) is 8.36. The molecule has 4 heteroatoms. The molecule has 0 rings (SSSR count). The van der Waals surface area contributed by atoms with Gasteiger partial charge in [-0.05, 0) is 13.8 Å². The van der Waals surface area contributed by atoms with Crippen LogP contribution in [0.2, 0.25) is 0 Å². The van der Waals surface area contributed by atoms with Crippen LogP contribution in [0.4, 0.5) is 4.20 Å². The lowest BCUT2D eigenvalue weighted by molar-refractivity contribution is 0.220. The Balaban J connectivity index is 4.01. The fourth-order valence-electron chi connectivity index (χ4n) is 0.409. The van der Waals surface area contributed by atoms with Gasteiger partial charge in [0, 0.05) is 0 Å². The summed E-state index contributed by atoms with van der Waals surface area (Å²) >= 11 is 0. The van der Waals surface area contributed by atoms with Gasteiger partial charge in [-0.1, -0.05) is 13.8 Å². The zero-order valence-electron chi connectivity index (χ0n) is 6.80. The quantitative estimate of drug-likeness (QED) is 0.605. The summed E-state index contributed by atoms with van der Waals surface area (Å²) < 4.78 is 28.2. The van der Waals surface area contributed by atoms with E-state index in [2.05, 4.69) is 4.52 Å². The van der Waals surface area contributed by atoms with Crippen molar-refractivity contribution < 1.29 is 13.3 Å². The highest BCUT2D eigenvalue weighted by Crippen LogP contribution is 2.54. The second-order valence-electron chi connectivity index (χ2n) is 2.77. The average Bonchev–Trinajstić information content (AvgIpc) is 1.60. The molecule has 10 heavy (non-hydrogen) atoms. The number of halogens is 1. The molecule has 0 amide bonds. The van der Waals surface area contributed by atoms with E-state index in [0.717, 1.165) is 0 Å². The van der Waals surface area contributed by atoms with E-state index in [-0.39, 0.29) is 6.10 Å². The molecule has 2 nitrogen and oxygen atoms in total. The second kappa shape index (κ2) is 3.49. The Hall–Kier alpha value is 0.120. The monoisotopic (exact) mass is 168 g/mol. The predicted molar refractivity (Wildman–Crippen MR) is 40.1 cm³/mol.